The lowest BCUT2D eigenvalue weighted by atomic mass is 10.0. The van der Waals surface area contributed by atoms with E-state index >= 15 is 0 Å². The molecule has 0 radical (unpaired) electrons. The standard InChI is InChI=1S/C25H24N2O5/c1-4-31-19-12-10-17(11-13-19)14-20(18-8-6-5-7-9-18)24(30)27-25-22(23(26)29)21(15(2)28)16(3)32-25/h5-14H,4H2,1-3H3,(H2,26,29)(H,27,30)/b20-14+. The van der Waals surface area contributed by atoms with E-state index in [1.165, 1.54) is 13.8 Å². The van der Waals surface area contributed by atoms with E-state index in [-0.39, 0.29) is 28.6 Å². The largest absolute Gasteiger partial charge is 0.494 e. The second-order valence-corrected chi connectivity index (χ2v) is 7.04. The Morgan fingerprint density at radius 3 is 2.25 bits per heavy atom. The molecule has 0 aliphatic rings. The number of ether oxygens (including phenoxy) is 1. The molecule has 0 atom stereocenters. The normalized spacial score (nSPS) is 11.2. The summed E-state index contributed by atoms with van der Waals surface area (Å²) in [5.41, 5.74) is 7.15. The number of carbonyl (C=O) groups excluding carboxylic acids is 3. The molecule has 0 aliphatic carbocycles. The number of nitrogens with one attached hydrogen (secondary N) is 1. The Kier molecular flexibility index (Phi) is 6.90. The fourth-order valence-corrected chi connectivity index (χ4v) is 3.35. The number of anilines is 1. The van der Waals surface area contributed by atoms with E-state index in [2.05, 4.69) is 5.32 Å². The van der Waals surface area contributed by atoms with Gasteiger partial charge >= 0.3 is 0 Å². The second-order valence-electron chi connectivity index (χ2n) is 7.04. The lowest BCUT2D eigenvalue weighted by molar-refractivity contribution is -0.111. The lowest BCUT2D eigenvalue weighted by Gasteiger charge is -2.10. The van der Waals surface area contributed by atoms with Crippen LogP contribution in [-0.4, -0.2) is 24.2 Å². The topological polar surface area (TPSA) is 112 Å². The number of benzene rings is 2. The number of ketones is 1. The van der Waals surface area contributed by atoms with Crippen LogP contribution in [0.25, 0.3) is 11.6 Å². The third-order valence-corrected chi connectivity index (χ3v) is 4.74. The first kappa shape index (κ1) is 22.6. The molecule has 164 valence electrons. The van der Waals surface area contributed by atoms with Crippen LogP contribution in [0.5, 0.6) is 5.75 Å². The van der Waals surface area contributed by atoms with Crippen molar-refractivity contribution < 1.29 is 23.5 Å². The SMILES string of the molecule is CCOc1ccc(/C=C(/C(=O)Nc2oc(C)c(C(C)=O)c2C(N)=O)c2ccccc2)cc1. The number of carbonyl (C=O) groups is 3. The van der Waals surface area contributed by atoms with E-state index in [0.29, 0.717) is 17.7 Å². The minimum Gasteiger partial charge on any atom is -0.494 e. The third kappa shape index (κ3) is 4.95. The molecule has 3 aromatic rings. The molecule has 1 heterocycles. The minimum atomic E-state index is -0.862. The molecule has 3 rings (SSSR count). The first-order chi connectivity index (χ1) is 15.3. The summed E-state index contributed by atoms with van der Waals surface area (Å²) in [6.07, 6.45) is 1.71. The summed E-state index contributed by atoms with van der Waals surface area (Å²) in [4.78, 5) is 37.2. The van der Waals surface area contributed by atoms with Gasteiger partial charge in [-0.1, -0.05) is 42.5 Å². The van der Waals surface area contributed by atoms with E-state index in [9.17, 15) is 14.4 Å². The van der Waals surface area contributed by atoms with Crippen LogP contribution in [0, 0.1) is 6.92 Å². The Morgan fingerprint density at radius 1 is 1.03 bits per heavy atom. The first-order valence-electron chi connectivity index (χ1n) is 10.1. The molecule has 0 bridgehead atoms. The number of Topliss-reactive ketones (excluding diaryl/α,β-unsaturated/α-hetero) is 1. The smallest absolute Gasteiger partial charge is 0.258 e. The summed E-state index contributed by atoms with van der Waals surface area (Å²) in [5.74, 6) is -0.981. The average Bonchev–Trinajstić information content (AvgIpc) is 3.10. The maximum atomic E-state index is 13.3. The Balaban J connectivity index is 2.02. The summed E-state index contributed by atoms with van der Waals surface area (Å²) in [6, 6.07) is 16.4. The summed E-state index contributed by atoms with van der Waals surface area (Å²) in [5, 5.41) is 2.61. The van der Waals surface area contributed by atoms with Crippen molar-refractivity contribution >= 4 is 35.1 Å². The van der Waals surface area contributed by atoms with Crippen molar-refractivity contribution in [3.8, 4) is 5.75 Å². The Bertz CT molecular complexity index is 1180. The number of hydrogen-bond acceptors (Lipinski definition) is 5. The monoisotopic (exact) mass is 432 g/mol. The van der Waals surface area contributed by atoms with Crippen LogP contribution in [0.4, 0.5) is 5.88 Å². The molecule has 0 saturated carbocycles. The van der Waals surface area contributed by atoms with Gasteiger partial charge in [-0.2, -0.15) is 0 Å². The maximum Gasteiger partial charge on any atom is 0.258 e. The highest BCUT2D eigenvalue weighted by molar-refractivity contribution is 6.29. The molecule has 1 aromatic heterocycles. The molecule has 2 amide bonds. The predicted molar refractivity (Wildman–Crippen MR) is 123 cm³/mol. The number of hydrogen-bond donors (Lipinski definition) is 2. The van der Waals surface area contributed by atoms with Crippen molar-refractivity contribution in [3.63, 3.8) is 0 Å². The van der Waals surface area contributed by atoms with Crippen LogP contribution < -0.4 is 15.8 Å². The van der Waals surface area contributed by atoms with Gasteiger partial charge in [-0.3, -0.25) is 19.7 Å². The zero-order valence-electron chi connectivity index (χ0n) is 18.1. The van der Waals surface area contributed by atoms with Gasteiger partial charge in [-0.25, -0.2) is 0 Å². The van der Waals surface area contributed by atoms with E-state index in [1.54, 1.807) is 18.2 Å². The van der Waals surface area contributed by atoms with Gasteiger partial charge in [0, 0.05) is 5.57 Å². The van der Waals surface area contributed by atoms with Crippen molar-refractivity contribution in [2.24, 2.45) is 5.73 Å². The lowest BCUT2D eigenvalue weighted by Crippen LogP contribution is -2.19. The van der Waals surface area contributed by atoms with Gasteiger partial charge < -0.3 is 14.9 Å². The third-order valence-electron chi connectivity index (χ3n) is 4.74. The molecule has 0 aliphatic heterocycles. The zero-order chi connectivity index (χ0) is 23.3. The molecule has 0 spiro atoms. The van der Waals surface area contributed by atoms with Crippen molar-refractivity contribution in [1.82, 2.24) is 0 Å². The van der Waals surface area contributed by atoms with Gasteiger partial charge in [0.2, 0.25) is 5.88 Å². The van der Waals surface area contributed by atoms with E-state index in [1.807, 2.05) is 49.4 Å². The summed E-state index contributed by atoms with van der Waals surface area (Å²) >= 11 is 0. The number of aryl methyl sites for hydroxylation is 1. The fourth-order valence-electron chi connectivity index (χ4n) is 3.35. The van der Waals surface area contributed by atoms with Crippen molar-refractivity contribution in [2.75, 3.05) is 11.9 Å². The fraction of sp³-hybridized carbons (Fsp3) is 0.160. The van der Waals surface area contributed by atoms with Crippen LogP contribution in [-0.2, 0) is 4.79 Å². The molecule has 3 N–H and O–H groups in total. The van der Waals surface area contributed by atoms with Crippen LogP contribution in [0.1, 0.15) is 51.5 Å². The zero-order valence-corrected chi connectivity index (χ0v) is 18.1. The molecule has 2 aromatic carbocycles. The molecule has 7 nitrogen and oxygen atoms in total. The maximum absolute atomic E-state index is 13.3. The van der Waals surface area contributed by atoms with Gasteiger partial charge in [-0.05, 0) is 50.1 Å². The summed E-state index contributed by atoms with van der Waals surface area (Å²) in [6.45, 7) is 5.30. The highest BCUT2D eigenvalue weighted by Crippen LogP contribution is 2.29. The van der Waals surface area contributed by atoms with Gasteiger partial charge in [0.25, 0.3) is 11.8 Å². The Morgan fingerprint density at radius 2 is 1.69 bits per heavy atom. The minimum absolute atomic E-state index is 0.0598. The van der Waals surface area contributed by atoms with Crippen LogP contribution in [0.15, 0.2) is 59.0 Å². The second kappa shape index (κ2) is 9.78. The Labute approximate surface area is 185 Å². The highest BCUT2D eigenvalue weighted by atomic mass is 16.5. The number of primary amides is 1. The molecular weight excluding hydrogens is 408 g/mol. The number of rotatable bonds is 8. The average molecular weight is 432 g/mol. The van der Waals surface area contributed by atoms with Crippen LogP contribution >= 0.6 is 0 Å². The molecule has 0 unspecified atom stereocenters. The molecule has 7 heteroatoms. The quantitative estimate of drug-likeness (QED) is 0.310. The van der Waals surface area contributed by atoms with Crippen LogP contribution in [0.2, 0.25) is 0 Å². The molecule has 0 fully saturated rings. The number of nitrogens with two attached hydrogens (primary N) is 1. The van der Waals surface area contributed by atoms with Crippen molar-refractivity contribution in [3.05, 3.63) is 82.6 Å². The van der Waals surface area contributed by atoms with E-state index in [0.717, 1.165) is 11.3 Å². The highest BCUT2D eigenvalue weighted by Gasteiger charge is 2.27. The summed E-state index contributed by atoms with van der Waals surface area (Å²) in [7, 11) is 0. The van der Waals surface area contributed by atoms with Gasteiger partial charge in [-0.15, -0.1) is 0 Å². The van der Waals surface area contributed by atoms with Gasteiger partial charge in [0.15, 0.2) is 5.78 Å². The van der Waals surface area contributed by atoms with Gasteiger partial charge in [0.05, 0.1) is 12.2 Å². The molecule has 0 saturated heterocycles. The summed E-state index contributed by atoms with van der Waals surface area (Å²) < 4.78 is 11.0. The van der Waals surface area contributed by atoms with Crippen molar-refractivity contribution in [2.45, 2.75) is 20.8 Å². The molecule has 32 heavy (non-hydrogen) atoms. The number of furan rings is 1. The van der Waals surface area contributed by atoms with Crippen molar-refractivity contribution in [1.29, 1.82) is 0 Å². The van der Waals surface area contributed by atoms with E-state index in [4.69, 9.17) is 14.9 Å². The van der Waals surface area contributed by atoms with E-state index < -0.39 is 11.8 Å². The Hall–Kier alpha value is -4.13. The van der Waals surface area contributed by atoms with Crippen LogP contribution in [0.3, 0.4) is 0 Å². The molecular formula is C25H24N2O5. The number of amides is 2. The predicted octanol–water partition coefficient (Wildman–Crippen LogP) is 4.47. The first-order valence-corrected chi connectivity index (χ1v) is 10.1. The van der Waals surface area contributed by atoms with Gasteiger partial charge in [0.1, 0.15) is 17.1 Å².